The van der Waals surface area contributed by atoms with Gasteiger partial charge in [-0.05, 0) is 25.0 Å². The van der Waals surface area contributed by atoms with Gasteiger partial charge in [0.25, 0.3) is 0 Å². The van der Waals surface area contributed by atoms with E-state index in [9.17, 15) is 0 Å². The molecule has 0 fully saturated rings. The summed E-state index contributed by atoms with van der Waals surface area (Å²) in [5.41, 5.74) is 8.14. The number of halogens is 2. The topological polar surface area (TPSA) is 29.3 Å². The third-order valence-corrected chi connectivity index (χ3v) is 3.42. The lowest BCUT2D eigenvalue weighted by molar-refractivity contribution is 0.693. The van der Waals surface area contributed by atoms with E-state index in [1.165, 1.54) is 5.56 Å². The van der Waals surface area contributed by atoms with Gasteiger partial charge >= 0.3 is 0 Å². The zero-order chi connectivity index (χ0) is 11.0. The monoisotopic (exact) mass is 244 g/mol. The minimum absolute atomic E-state index is 0.144. The van der Waals surface area contributed by atoms with Gasteiger partial charge in [0, 0.05) is 19.1 Å². The molecular formula is C11H14Cl2N2. The molecule has 1 aliphatic rings. The van der Waals surface area contributed by atoms with E-state index in [1.807, 2.05) is 19.1 Å². The fraction of sp³-hybridized carbons (Fsp3) is 0.455. The van der Waals surface area contributed by atoms with Gasteiger partial charge < -0.3 is 10.6 Å². The molecule has 0 spiro atoms. The van der Waals surface area contributed by atoms with Crippen LogP contribution in [0.1, 0.15) is 12.5 Å². The summed E-state index contributed by atoms with van der Waals surface area (Å²) in [5.74, 6) is 0. The van der Waals surface area contributed by atoms with E-state index < -0.39 is 0 Å². The van der Waals surface area contributed by atoms with Gasteiger partial charge in [-0.25, -0.2) is 0 Å². The molecule has 15 heavy (non-hydrogen) atoms. The Morgan fingerprint density at radius 1 is 1.47 bits per heavy atom. The van der Waals surface area contributed by atoms with Crippen LogP contribution < -0.4 is 10.6 Å². The van der Waals surface area contributed by atoms with Crippen LogP contribution in [0.4, 0.5) is 5.69 Å². The summed E-state index contributed by atoms with van der Waals surface area (Å²) >= 11 is 12.2. The van der Waals surface area contributed by atoms with Crippen LogP contribution in [-0.2, 0) is 6.42 Å². The Morgan fingerprint density at radius 3 is 2.87 bits per heavy atom. The molecule has 1 aromatic rings. The second kappa shape index (κ2) is 4.20. The van der Waals surface area contributed by atoms with Crippen LogP contribution in [0.15, 0.2) is 12.1 Å². The van der Waals surface area contributed by atoms with Crippen molar-refractivity contribution in [2.45, 2.75) is 19.4 Å². The molecule has 1 aromatic carbocycles. The highest BCUT2D eigenvalue weighted by atomic mass is 35.5. The molecule has 2 N–H and O–H groups in total. The summed E-state index contributed by atoms with van der Waals surface area (Å²) in [4.78, 5) is 2.22. The summed E-state index contributed by atoms with van der Waals surface area (Å²) in [7, 11) is 0. The van der Waals surface area contributed by atoms with Crippen molar-refractivity contribution < 1.29 is 0 Å². The van der Waals surface area contributed by atoms with Gasteiger partial charge in [-0.15, -0.1) is 0 Å². The molecule has 4 heteroatoms. The van der Waals surface area contributed by atoms with Gasteiger partial charge in [0.05, 0.1) is 15.7 Å². The van der Waals surface area contributed by atoms with E-state index in [4.69, 9.17) is 28.9 Å². The lowest BCUT2D eigenvalue weighted by Crippen LogP contribution is -2.34. The Balaban J connectivity index is 2.36. The number of nitrogens with two attached hydrogens (primary N) is 1. The van der Waals surface area contributed by atoms with Crippen molar-refractivity contribution in [1.82, 2.24) is 0 Å². The molecule has 0 aromatic heterocycles. The standard InChI is InChI=1S/C11H14Cl2N2/c1-7(14)6-15-5-4-8-2-3-9(12)10(13)11(8)15/h2-3,7H,4-6,14H2,1H3. The maximum absolute atomic E-state index is 6.20. The first-order valence-electron chi connectivity index (χ1n) is 5.07. The van der Waals surface area contributed by atoms with Crippen molar-refractivity contribution in [2.24, 2.45) is 5.73 Å². The summed E-state index contributed by atoms with van der Waals surface area (Å²) < 4.78 is 0. The average Bonchev–Trinajstić information content (AvgIpc) is 2.55. The molecule has 0 amide bonds. The first-order valence-corrected chi connectivity index (χ1v) is 5.82. The van der Waals surface area contributed by atoms with Gasteiger partial charge in [0.15, 0.2) is 0 Å². The van der Waals surface area contributed by atoms with Crippen LogP contribution in [-0.4, -0.2) is 19.1 Å². The number of fused-ring (bicyclic) bond motifs is 1. The van der Waals surface area contributed by atoms with E-state index in [1.54, 1.807) is 0 Å². The molecule has 1 aliphatic heterocycles. The summed E-state index contributed by atoms with van der Waals surface area (Å²) in [5, 5.41) is 1.28. The van der Waals surface area contributed by atoms with E-state index in [-0.39, 0.29) is 6.04 Å². The number of nitrogens with zero attached hydrogens (tertiary/aromatic N) is 1. The van der Waals surface area contributed by atoms with Gasteiger partial charge in [-0.1, -0.05) is 29.3 Å². The molecule has 2 nitrogen and oxygen atoms in total. The minimum atomic E-state index is 0.144. The predicted octanol–water partition coefficient (Wildman–Crippen LogP) is 2.70. The molecule has 0 aliphatic carbocycles. The first kappa shape index (κ1) is 11.1. The second-order valence-corrected chi connectivity index (χ2v) is 4.83. The summed E-state index contributed by atoms with van der Waals surface area (Å²) in [6.45, 7) is 3.81. The normalized spacial score (nSPS) is 16.7. The average molecular weight is 245 g/mol. The molecule has 0 bridgehead atoms. The van der Waals surface area contributed by atoms with Crippen LogP contribution in [0.2, 0.25) is 10.0 Å². The Hall–Kier alpha value is -0.440. The van der Waals surface area contributed by atoms with Crippen LogP contribution >= 0.6 is 23.2 Å². The number of anilines is 1. The third kappa shape index (κ3) is 2.07. The van der Waals surface area contributed by atoms with Gasteiger partial charge in [-0.2, -0.15) is 0 Å². The van der Waals surface area contributed by atoms with E-state index in [2.05, 4.69) is 4.90 Å². The fourth-order valence-corrected chi connectivity index (χ4v) is 2.48. The highest BCUT2D eigenvalue weighted by Crippen LogP contribution is 2.39. The highest BCUT2D eigenvalue weighted by molar-refractivity contribution is 6.43. The van der Waals surface area contributed by atoms with Crippen LogP contribution in [0.3, 0.4) is 0 Å². The minimum Gasteiger partial charge on any atom is -0.368 e. The second-order valence-electron chi connectivity index (χ2n) is 4.04. The van der Waals surface area contributed by atoms with E-state index in [0.717, 1.165) is 25.2 Å². The molecule has 82 valence electrons. The van der Waals surface area contributed by atoms with Gasteiger partial charge in [-0.3, -0.25) is 0 Å². The summed E-state index contributed by atoms with van der Waals surface area (Å²) in [6.07, 6.45) is 1.03. The molecule has 0 saturated heterocycles. The molecule has 1 atom stereocenters. The Morgan fingerprint density at radius 2 is 2.20 bits per heavy atom. The molecule has 2 rings (SSSR count). The van der Waals surface area contributed by atoms with Crippen LogP contribution in [0.5, 0.6) is 0 Å². The molecular weight excluding hydrogens is 231 g/mol. The molecule has 1 unspecified atom stereocenters. The predicted molar refractivity (Wildman–Crippen MR) is 66.0 cm³/mol. The van der Waals surface area contributed by atoms with Crippen molar-refractivity contribution >= 4 is 28.9 Å². The fourth-order valence-electron chi connectivity index (χ4n) is 2.02. The highest BCUT2D eigenvalue weighted by Gasteiger charge is 2.23. The van der Waals surface area contributed by atoms with Crippen molar-refractivity contribution in [1.29, 1.82) is 0 Å². The summed E-state index contributed by atoms with van der Waals surface area (Å²) in [6, 6.07) is 4.05. The largest absolute Gasteiger partial charge is 0.368 e. The zero-order valence-corrected chi connectivity index (χ0v) is 10.1. The first-order chi connectivity index (χ1) is 7.09. The lowest BCUT2D eigenvalue weighted by Gasteiger charge is -2.22. The van der Waals surface area contributed by atoms with Crippen molar-refractivity contribution in [2.75, 3.05) is 18.0 Å². The van der Waals surface area contributed by atoms with E-state index >= 15 is 0 Å². The maximum atomic E-state index is 6.20. The Labute approximate surface area is 100.0 Å². The Kier molecular flexibility index (Phi) is 3.10. The number of benzene rings is 1. The SMILES string of the molecule is CC(N)CN1CCc2ccc(Cl)c(Cl)c21. The smallest absolute Gasteiger partial charge is 0.0828 e. The number of rotatable bonds is 2. The van der Waals surface area contributed by atoms with Gasteiger partial charge in [0.1, 0.15) is 0 Å². The molecule has 0 radical (unpaired) electrons. The van der Waals surface area contributed by atoms with Crippen LogP contribution in [0, 0.1) is 0 Å². The third-order valence-electron chi connectivity index (χ3n) is 2.63. The lowest BCUT2D eigenvalue weighted by atomic mass is 10.2. The van der Waals surface area contributed by atoms with Crippen molar-refractivity contribution in [3.8, 4) is 0 Å². The van der Waals surface area contributed by atoms with Crippen molar-refractivity contribution in [3.63, 3.8) is 0 Å². The van der Waals surface area contributed by atoms with Crippen LogP contribution in [0.25, 0.3) is 0 Å². The molecule has 1 heterocycles. The number of hydrogen-bond donors (Lipinski definition) is 1. The zero-order valence-electron chi connectivity index (χ0n) is 8.63. The number of hydrogen-bond acceptors (Lipinski definition) is 2. The molecule has 0 saturated carbocycles. The van der Waals surface area contributed by atoms with E-state index in [0.29, 0.717) is 10.0 Å². The maximum Gasteiger partial charge on any atom is 0.0828 e. The quantitative estimate of drug-likeness (QED) is 0.867. The Bertz CT molecular complexity index is 377. The van der Waals surface area contributed by atoms with Crippen molar-refractivity contribution in [3.05, 3.63) is 27.7 Å². The van der Waals surface area contributed by atoms with Gasteiger partial charge in [0.2, 0.25) is 0 Å².